The number of aliphatic hydroxyl groups is 2. The number of hydrogen-bond donors (Lipinski definition) is 24. The summed E-state index contributed by atoms with van der Waals surface area (Å²) in [6.45, 7) is 11.8. The summed E-state index contributed by atoms with van der Waals surface area (Å²) in [5.41, 5.74) is 11.0. The molecule has 1 unspecified atom stereocenters. The number of hydrogen-bond acceptors (Lipinski definition) is 24. The van der Waals surface area contributed by atoms with Crippen LogP contribution in [0, 0.1) is 5.41 Å². The van der Waals surface area contributed by atoms with Crippen LogP contribution in [0.2, 0.25) is 0 Å². The van der Waals surface area contributed by atoms with Crippen molar-refractivity contribution in [2.75, 3.05) is 0 Å². The molecule has 0 saturated heterocycles. The van der Waals surface area contributed by atoms with Crippen LogP contribution in [0.25, 0.3) is 11.1 Å². The minimum Gasteiger partial charge on any atom is -0.512 e. The zero-order valence-corrected chi connectivity index (χ0v) is 77.3. The number of aromatic hydroxyl groups is 22. The zero-order valence-electron chi connectivity index (χ0n) is 77.3. The molecule has 139 heavy (non-hydrogen) atoms. The predicted molar refractivity (Wildman–Crippen MR) is 534 cm³/mol. The SMILES string of the molecule is CC(C)(c1ccccc1)c1ccccc1.CC(C1=C(O)C=C(O)CC1)c1ccc(O)cc1O.CC(c1ccc(O)cc1O)c1ccc(O)cc1O.CC(c1ccc(O)cc1O)c1ccc(O)cc1O.CC(c1ccc(O)cc1O)c1ccc(O)cc1O.Oc1ccc(C(c2ccc(O)cc2O)C2(C(c3ccc(O)cc3O)c3ccc(O)cc3O)CCCCC2)c(O)c1.c1ccc(-c2ccccc2)cc1. The van der Waals surface area contributed by atoms with Crippen LogP contribution >= 0.6 is 0 Å². The molecule has 1 atom stereocenters. The van der Waals surface area contributed by atoms with Gasteiger partial charge in [0.25, 0.3) is 0 Å². The molecule has 0 radical (unpaired) electrons. The first kappa shape index (κ1) is 102. The van der Waals surface area contributed by atoms with Gasteiger partial charge >= 0.3 is 0 Å². The molecule has 15 aromatic carbocycles. The minimum absolute atomic E-state index is 0.00146. The van der Waals surface area contributed by atoms with E-state index in [9.17, 15) is 123 Å². The smallest absolute Gasteiger partial charge is 0.123 e. The largest absolute Gasteiger partial charge is 0.512 e. The fourth-order valence-electron chi connectivity index (χ4n) is 17.9. The Morgan fingerprint density at radius 1 is 0.216 bits per heavy atom. The lowest BCUT2D eigenvalue weighted by Gasteiger charge is -2.50. The number of rotatable bonds is 17. The number of aliphatic hydroxyl groups excluding tert-OH is 2. The summed E-state index contributed by atoms with van der Waals surface area (Å²) in [6.07, 6.45) is 5.93. The van der Waals surface area contributed by atoms with Gasteiger partial charge in [-0.3, -0.25) is 0 Å². The van der Waals surface area contributed by atoms with E-state index < -0.39 is 17.3 Å². The van der Waals surface area contributed by atoms with Gasteiger partial charge in [0, 0.05) is 181 Å². The summed E-state index contributed by atoms with van der Waals surface area (Å²) in [4.78, 5) is 0. The molecule has 0 heterocycles. The van der Waals surface area contributed by atoms with Crippen LogP contribution < -0.4 is 0 Å². The van der Waals surface area contributed by atoms with Gasteiger partial charge in [0.2, 0.25) is 0 Å². The van der Waals surface area contributed by atoms with Crippen LogP contribution in [0.3, 0.4) is 0 Å². The lowest BCUT2D eigenvalue weighted by Crippen LogP contribution is -2.39. The van der Waals surface area contributed by atoms with Crippen molar-refractivity contribution in [3.63, 3.8) is 0 Å². The molecule has 1 fully saturated rings. The Kier molecular flexibility index (Phi) is 34.1. The Labute approximate surface area is 805 Å². The Morgan fingerprint density at radius 2 is 0.410 bits per heavy atom. The van der Waals surface area contributed by atoms with Gasteiger partial charge in [-0.15, -0.1) is 0 Å². The Balaban J connectivity index is 0.000000162. The molecule has 15 aromatic rings. The summed E-state index contributed by atoms with van der Waals surface area (Å²) in [6, 6.07) is 89.4. The Hall–Kier alpha value is -17.0. The maximum atomic E-state index is 11.2. The van der Waals surface area contributed by atoms with Crippen molar-refractivity contribution in [1.82, 2.24) is 0 Å². The van der Waals surface area contributed by atoms with Crippen LogP contribution in [0.5, 0.6) is 126 Å². The van der Waals surface area contributed by atoms with E-state index in [1.165, 1.54) is 162 Å². The van der Waals surface area contributed by atoms with Crippen molar-refractivity contribution < 1.29 is 123 Å². The highest BCUT2D eigenvalue weighted by atomic mass is 16.3. The van der Waals surface area contributed by atoms with Crippen molar-refractivity contribution in [3.05, 3.63) is 417 Å². The second-order valence-corrected chi connectivity index (χ2v) is 34.9. The van der Waals surface area contributed by atoms with Crippen LogP contribution in [0.4, 0.5) is 0 Å². The number of allylic oxidation sites excluding steroid dienone is 3. The highest BCUT2D eigenvalue weighted by molar-refractivity contribution is 5.64. The average molecular weight is 1880 g/mol. The average Bonchev–Trinajstić information content (AvgIpc) is 0.720. The topological polar surface area (TPSA) is 486 Å². The van der Waals surface area contributed by atoms with Gasteiger partial charge in [0.15, 0.2) is 0 Å². The molecule has 0 aliphatic heterocycles. The fourth-order valence-corrected chi connectivity index (χ4v) is 17.9. The molecule has 0 spiro atoms. The molecule has 720 valence electrons. The van der Waals surface area contributed by atoms with E-state index in [4.69, 9.17) is 0 Å². The summed E-state index contributed by atoms with van der Waals surface area (Å²) in [5, 5.41) is 237. The fraction of sp³-hybridized carbons (Fsp3) is 0.183. The van der Waals surface area contributed by atoms with Crippen LogP contribution in [-0.4, -0.2) is 123 Å². The lowest BCUT2D eigenvalue weighted by molar-refractivity contribution is 0.129. The van der Waals surface area contributed by atoms with E-state index in [2.05, 4.69) is 123 Å². The minimum atomic E-state index is -0.899. The van der Waals surface area contributed by atoms with Gasteiger partial charge in [-0.05, 0) is 119 Å². The number of benzene rings is 15. The van der Waals surface area contributed by atoms with Gasteiger partial charge in [-0.1, -0.05) is 249 Å². The quantitative estimate of drug-likeness (QED) is 0.0402. The zero-order chi connectivity index (χ0) is 101. The van der Waals surface area contributed by atoms with Crippen LogP contribution in [-0.2, 0) is 5.41 Å². The maximum absolute atomic E-state index is 11.2. The molecule has 1 saturated carbocycles. The van der Waals surface area contributed by atoms with Gasteiger partial charge in [0.1, 0.15) is 132 Å². The van der Waals surface area contributed by atoms with Gasteiger partial charge in [0.05, 0.1) is 5.76 Å². The molecule has 17 rings (SSSR count). The molecule has 0 amide bonds. The summed E-state index contributed by atoms with van der Waals surface area (Å²) >= 11 is 0. The van der Waals surface area contributed by atoms with Crippen molar-refractivity contribution in [2.45, 2.75) is 127 Å². The van der Waals surface area contributed by atoms with Crippen molar-refractivity contribution in [2.24, 2.45) is 5.41 Å². The van der Waals surface area contributed by atoms with Crippen molar-refractivity contribution in [3.8, 4) is 138 Å². The first-order valence-electron chi connectivity index (χ1n) is 45.0. The lowest BCUT2D eigenvalue weighted by atomic mass is 9.53. The maximum Gasteiger partial charge on any atom is 0.123 e. The normalized spacial score (nSPS) is 12.8. The highest BCUT2D eigenvalue weighted by Gasteiger charge is 2.51. The van der Waals surface area contributed by atoms with E-state index in [0.717, 1.165) is 24.8 Å². The molecule has 24 heteroatoms. The second kappa shape index (κ2) is 46.3. The monoisotopic (exact) mass is 1880 g/mol. The molecule has 24 N–H and O–H groups in total. The summed E-state index contributed by atoms with van der Waals surface area (Å²) in [5.74, 6) is -3.89. The molecule has 2 aliphatic carbocycles. The molecular weight excluding hydrogens is 1770 g/mol. The predicted octanol–water partition coefficient (Wildman–Crippen LogP) is 24.8. The highest BCUT2D eigenvalue weighted by Crippen LogP contribution is 2.64. The first-order chi connectivity index (χ1) is 66.2. The summed E-state index contributed by atoms with van der Waals surface area (Å²) < 4.78 is 0. The van der Waals surface area contributed by atoms with Gasteiger partial charge in [-0.2, -0.15) is 0 Å². The first-order valence-corrected chi connectivity index (χ1v) is 45.0. The Bertz CT molecular complexity index is 6040. The molecule has 0 bridgehead atoms. The third-order valence-corrected chi connectivity index (χ3v) is 25.3. The standard InChI is InChI=1S/C32H32O8.C15H16.C14H16O4.3C14H14O4.C12H10/c33-18-4-8-22(26(37)14-18)30(23-9-5-19(34)15-27(23)38)32(12-2-1-3-13-32)31(24-10-6-20(35)16-28(24)39)25-11-7-21(36)17-29(25)40;1-15(2,13-9-5-3-6-10-13)14-11-7-4-8-12-14;4*1-8(11-4-2-9(15)6-13(11)17)12-5-3-10(16)7-14(12)18;1-3-7-11(8-4-1)12-9-5-2-6-10-12/h4-11,14-17,30-31,33-40H,1-3,12-13H2;3-12H,1-2H3;2,4,6-8,15-18H,3,5H2,1H3;3*2-8,15-18H,1H3;1-10H. The number of phenolic OH excluding ortho intramolecular Hbond substituents is 22. The molecule has 2 aliphatic rings. The van der Waals surface area contributed by atoms with E-state index in [1.807, 2.05) is 39.8 Å². The van der Waals surface area contributed by atoms with E-state index in [0.29, 0.717) is 86.9 Å². The molecule has 0 aromatic heterocycles. The third kappa shape index (κ3) is 25.9. The van der Waals surface area contributed by atoms with Crippen molar-refractivity contribution in [1.29, 1.82) is 0 Å². The van der Waals surface area contributed by atoms with E-state index >= 15 is 0 Å². The summed E-state index contributed by atoms with van der Waals surface area (Å²) in [7, 11) is 0. The Morgan fingerprint density at radius 3 is 0.612 bits per heavy atom. The van der Waals surface area contributed by atoms with Crippen molar-refractivity contribution >= 4 is 0 Å². The van der Waals surface area contributed by atoms with Crippen LogP contribution in [0.15, 0.2) is 345 Å². The second-order valence-electron chi connectivity index (χ2n) is 34.9. The van der Waals surface area contributed by atoms with E-state index in [1.54, 1.807) is 66.7 Å². The third-order valence-electron chi connectivity index (χ3n) is 25.3. The van der Waals surface area contributed by atoms with E-state index in [-0.39, 0.29) is 167 Å². The molecular formula is C115H116O24. The van der Waals surface area contributed by atoms with Gasteiger partial charge in [-0.25, -0.2) is 0 Å². The van der Waals surface area contributed by atoms with Gasteiger partial charge < -0.3 is 123 Å². The molecule has 24 nitrogen and oxygen atoms in total. The van der Waals surface area contributed by atoms with Crippen LogP contribution in [0.1, 0.15) is 194 Å². The number of phenols is 22.